The fraction of sp³-hybridized carbons (Fsp3) is 0.833. The van der Waals surface area contributed by atoms with E-state index in [1.807, 2.05) is 6.20 Å². The Kier molecular flexibility index (Phi) is 5.47. The zero-order valence-corrected chi connectivity index (χ0v) is 14.6. The predicted molar refractivity (Wildman–Crippen MR) is 91.8 cm³/mol. The molecule has 0 saturated carbocycles. The van der Waals surface area contributed by atoms with Crippen LogP contribution in [0.3, 0.4) is 0 Å². The lowest BCUT2D eigenvalue weighted by Gasteiger charge is -2.38. The van der Waals surface area contributed by atoms with Gasteiger partial charge < -0.3 is 9.47 Å². The standard InChI is InChI=1S/C18H30N4O2/c1-5-19-22-6-2-17(14-20-7-11-24-12-8-20)21(15-18(1)22)13-16-3-9-23-10-4-16/h1,5,16-17H,2-4,6-15H2/t17-/m0/s1. The summed E-state index contributed by atoms with van der Waals surface area (Å²) in [4.78, 5) is 5.31. The molecule has 0 unspecified atom stereocenters. The van der Waals surface area contributed by atoms with Crippen LogP contribution in [-0.4, -0.2) is 78.2 Å². The van der Waals surface area contributed by atoms with Gasteiger partial charge in [0.25, 0.3) is 0 Å². The van der Waals surface area contributed by atoms with Crippen molar-refractivity contribution in [3.8, 4) is 0 Å². The van der Waals surface area contributed by atoms with Gasteiger partial charge in [-0.15, -0.1) is 0 Å². The van der Waals surface area contributed by atoms with Gasteiger partial charge in [-0.05, 0) is 31.2 Å². The Hall–Kier alpha value is -0.950. The van der Waals surface area contributed by atoms with Crippen molar-refractivity contribution in [2.75, 3.05) is 52.6 Å². The molecule has 2 fully saturated rings. The lowest BCUT2D eigenvalue weighted by atomic mass is 9.98. The van der Waals surface area contributed by atoms with Crippen LogP contribution < -0.4 is 0 Å². The van der Waals surface area contributed by atoms with Gasteiger partial charge in [-0.1, -0.05) is 0 Å². The van der Waals surface area contributed by atoms with Crippen molar-refractivity contribution in [1.82, 2.24) is 19.6 Å². The molecule has 6 heteroatoms. The van der Waals surface area contributed by atoms with Crippen LogP contribution in [-0.2, 0) is 22.6 Å². The molecule has 0 aliphatic carbocycles. The average Bonchev–Trinajstić information content (AvgIpc) is 3.01. The normalized spacial score (nSPS) is 27.8. The maximum atomic E-state index is 5.55. The van der Waals surface area contributed by atoms with E-state index < -0.39 is 0 Å². The summed E-state index contributed by atoms with van der Waals surface area (Å²) in [6, 6.07) is 2.81. The van der Waals surface area contributed by atoms with Gasteiger partial charge in [0.15, 0.2) is 0 Å². The van der Waals surface area contributed by atoms with Crippen molar-refractivity contribution in [2.45, 2.75) is 38.4 Å². The molecule has 0 N–H and O–H groups in total. The molecular weight excluding hydrogens is 304 g/mol. The van der Waals surface area contributed by atoms with Crippen molar-refractivity contribution in [1.29, 1.82) is 0 Å². The first-order valence-electron chi connectivity index (χ1n) is 9.51. The van der Waals surface area contributed by atoms with Gasteiger partial charge in [0, 0.05) is 64.7 Å². The van der Waals surface area contributed by atoms with Crippen LogP contribution in [0.5, 0.6) is 0 Å². The molecule has 0 radical (unpaired) electrons. The van der Waals surface area contributed by atoms with Crippen LogP contribution in [0.1, 0.15) is 25.0 Å². The minimum Gasteiger partial charge on any atom is -0.381 e. The highest BCUT2D eigenvalue weighted by Crippen LogP contribution is 2.23. The largest absolute Gasteiger partial charge is 0.381 e. The third kappa shape index (κ3) is 3.99. The fourth-order valence-electron chi connectivity index (χ4n) is 4.25. The number of fused-ring (bicyclic) bond motifs is 1. The van der Waals surface area contributed by atoms with Gasteiger partial charge in [-0.3, -0.25) is 14.5 Å². The summed E-state index contributed by atoms with van der Waals surface area (Å²) in [6.45, 7) is 10.2. The smallest absolute Gasteiger partial charge is 0.0594 e. The quantitative estimate of drug-likeness (QED) is 0.828. The number of nitrogens with zero attached hydrogens (tertiary/aromatic N) is 4. The maximum Gasteiger partial charge on any atom is 0.0594 e. The third-order valence-corrected chi connectivity index (χ3v) is 5.77. The maximum absolute atomic E-state index is 5.55. The highest BCUT2D eigenvalue weighted by atomic mass is 16.5. The van der Waals surface area contributed by atoms with Gasteiger partial charge >= 0.3 is 0 Å². The van der Waals surface area contributed by atoms with Crippen molar-refractivity contribution in [3.05, 3.63) is 18.0 Å². The highest BCUT2D eigenvalue weighted by molar-refractivity contribution is 5.03. The Balaban J connectivity index is 1.44. The predicted octanol–water partition coefficient (Wildman–Crippen LogP) is 1.22. The molecule has 4 rings (SSSR count). The molecule has 0 bridgehead atoms. The fourth-order valence-corrected chi connectivity index (χ4v) is 4.25. The van der Waals surface area contributed by atoms with E-state index >= 15 is 0 Å². The second-order valence-corrected chi connectivity index (χ2v) is 7.39. The van der Waals surface area contributed by atoms with E-state index in [0.717, 1.165) is 65.1 Å². The van der Waals surface area contributed by atoms with E-state index in [4.69, 9.17) is 9.47 Å². The number of aromatic nitrogens is 2. The van der Waals surface area contributed by atoms with Crippen LogP contribution in [0.25, 0.3) is 0 Å². The number of hydrogen-bond acceptors (Lipinski definition) is 5. The second kappa shape index (κ2) is 7.95. The zero-order valence-electron chi connectivity index (χ0n) is 14.6. The monoisotopic (exact) mass is 334 g/mol. The van der Waals surface area contributed by atoms with Crippen LogP contribution in [0.2, 0.25) is 0 Å². The van der Waals surface area contributed by atoms with Crippen molar-refractivity contribution < 1.29 is 9.47 Å². The topological polar surface area (TPSA) is 42.8 Å². The van der Waals surface area contributed by atoms with Gasteiger partial charge in [-0.2, -0.15) is 5.10 Å². The molecule has 3 aliphatic heterocycles. The lowest BCUT2D eigenvalue weighted by molar-refractivity contribution is 0.0107. The molecule has 4 heterocycles. The number of aryl methyl sites for hydroxylation is 1. The van der Waals surface area contributed by atoms with Crippen molar-refractivity contribution >= 4 is 0 Å². The molecule has 0 amide bonds. The number of hydrogen-bond donors (Lipinski definition) is 0. The number of morpholine rings is 1. The highest BCUT2D eigenvalue weighted by Gasteiger charge is 2.29. The Labute approximate surface area is 144 Å². The summed E-state index contributed by atoms with van der Waals surface area (Å²) in [7, 11) is 0. The molecular formula is C18H30N4O2. The Bertz CT molecular complexity index is 509. The molecule has 6 nitrogen and oxygen atoms in total. The van der Waals surface area contributed by atoms with Gasteiger partial charge in [-0.25, -0.2) is 0 Å². The molecule has 3 aliphatic rings. The third-order valence-electron chi connectivity index (χ3n) is 5.77. The summed E-state index contributed by atoms with van der Waals surface area (Å²) in [5.74, 6) is 0.778. The first-order valence-corrected chi connectivity index (χ1v) is 9.51. The van der Waals surface area contributed by atoms with Crippen molar-refractivity contribution in [3.63, 3.8) is 0 Å². The summed E-state index contributed by atoms with van der Waals surface area (Å²) in [5, 5.41) is 4.52. The number of ether oxygens (including phenoxy) is 2. The van der Waals surface area contributed by atoms with Crippen molar-refractivity contribution in [2.24, 2.45) is 5.92 Å². The SMILES string of the molecule is c1cc2n(n1)CC[C@@H](CN1CCOCC1)N(CC1CCOCC1)C2. The van der Waals surface area contributed by atoms with E-state index in [1.54, 1.807) is 0 Å². The van der Waals surface area contributed by atoms with Gasteiger partial charge in [0.2, 0.25) is 0 Å². The Morgan fingerprint density at radius 2 is 1.75 bits per heavy atom. The summed E-state index contributed by atoms with van der Waals surface area (Å²) in [6.07, 6.45) is 5.56. The van der Waals surface area contributed by atoms with Crippen LogP contribution in [0, 0.1) is 5.92 Å². The van der Waals surface area contributed by atoms with Crippen LogP contribution in [0.15, 0.2) is 12.3 Å². The Morgan fingerprint density at radius 1 is 0.958 bits per heavy atom. The lowest BCUT2D eigenvalue weighted by Crippen LogP contribution is -2.48. The van der Waals surface area contributed by atoms with E-state index in [1.165, 1.54) is 31.5 Å². The molecule has 134 valence electrons. The first kappa shape index (κ1) is 16.5. The molecule has 24 heavy (non-hydrogen) atoms. The second-order valence-electron chi connectivity index (χ2n) is 7.39. The molecule has 0 aromatic carbocycles. The molecule has 1 atom stereocenters. The van der Waals surface area contributed by atoms with E-state index in [2.05, 4.69) is 25.6 Å². The van der Waals surface area contributed by atoms with Gasteiger partial charge in [0.05, 0.1) is 18.9 Å². The molecule has 1 aromatic heterocycles. The molecule has 2 saturated heterocycles. The summed E-state index contributed by atoms with van der Waals surface area (Å²) >= 11 is 0. The van der Waals surface area contributed by atoms with Crippen LogP contribution in [0.4, 0.5) is 0 Å². The average molecular weight is 334 g/mol. The zero-order chi connectivity index (χ0) is 16.2. The molecule has 0 spiro atoms. The van der Waals surface area contributed by atoms with E-state index in [9.17, 15) is 0 Å². The molecule has 1 aromatic rings. The summed E-state index contributed by atoms with van der Waals surface area (Å²) in [5.41, 5.74) is 1.37. The van der Waals surface area contributed by atoms with E-state index in [0.29, 0.717) is 6.04 Å². The minimum atomic E-state index is 0.618. The summed E-state index contributed by atoms with van der Waals surface area (Å²) < 4.78 is 13.3. The van der Waals surface area contributed by atoms with E-state index in [-0.39, 0.29) is 0 Å². The minimum absolute atomic E-state index is 0.618. The first-order chi connectivity index (χ1) is 11.9. The number of rotatable bonds is 4. The Morgan fingerprint density at radius 3 is 2.58 bits per heavy atom. The van der Waals surface area contributed by atoms with Gasteiger partial charge in [0.1, 0.15) is 0 Å². The van der Waals surface area contributed by atoms with Crippen LogP contribution >= 0.6 is 0 Å².